The van der Waals surface area contributed by atoms with Crippen LogP contribution in [0.4, 0.5) is 0 Å². The first-order valence-electron chi connectivity index (χ1n) is 7.33. The Hall–Kier alpha value is -1.46. The van der Waals surface area contributed by atoms with E-state index in [2.05, 4.69) is 47.9 Å². The second-order valence-electron chi connectivity index (χ2n) is 6.00. The van der Waals surface area contributed by atoms with Crippen molar-refractivity contribution < 1.29 is 9.53 Å². The Morgan fingerprint density at radius 1 is 1.38 bits per heavy atom. The van der Waals surface area contributed by atoms with Crippen LogP contribution in [-0.2, 0) is 11.3 Å². The molecule has 0 saturated carbocycles. The molecule has 1 aromatic heterocycles. The maximum Gasteiger partial charge on any atom is 0.339 e. The van der Waals surface area contributed by atoms with Crippen molar-refractivity contribution in [1.82, 2.24) is 15.2 Å². The summed E-state index contributed by atoms with van der Waals surface area (Å²) < 4.78 is 4.66. The van der Waals surface area contributed by atoms with E-state index in [4.69, 9.17) is 0 Å². The summed E-state index contributed by atoms with van der Waals surface area (Å²) in [6.45, 7) is 6.16. The van der Waals surface area contributed by atoms with E-state index in [9.17, 15) is 4.79 Å². The topological polar surface area (TPSA) is 54.5 Å². The van der Waals surface area contributed by atoms with Gasteiger partial charge in [-0.05, 0) is 38.6 Å². The molecule has 1 heterocycles. The standard InChI is InChI=1S/C16H27N3O2/c1-12(2)8-15(11-19(3)4)18-10-14-7-6-13(9-17-14)16(20)21-5/h6-7,9,12,15,18H,8,10-11H2,1-5H3. The Morgan fingerprint density at radius 2 is 2.10 bits per heavy atom. The van der Waals surface area contributed by atoms with Crippen LogP contribution >= 0.6 is 0 Å². The molecule has 0 aromatic carbocycles. The van der Waals surface area contributed by atoms with Crippen molar-refractivity contribution in [3.05, 3.63) is 29.6 Å². The average molecular weight is 293 g/mol. The normalized spacial score (nSPS) is 12.7. The first kappa shape index (κ1) is 17.6. The van der Waals surface area contributed by atoms with Crippen molar-refractivity contribution in [2.24, 2.45) is 5.92 Å². The minimum atomic E-state index is -0.354. The van der Waals surface area contributed by atoms with Gasteiger partial charge < -0.3 is 15.0 Å². The number of hydrogen-bond acceptors (Lipinski definition) is 5. The van der Waals surface area contributed by atoms with Crippen LogP contribution < -0.4 is 5.32 Å². The summed E-state index contributed by atoms with van der Waals surface area (Å²) in [5.41, 5.74) is 1.41. The highest BCUT2D eigenvalue weighted by molar-refractivity contribution is 5.88. The van der Waals surface area contributed by atoms with E-state index in [0.717, 1.165) is 18.7 Å². The third-order valence-electron chi connectivity index (χ3n) is 3.16. The lowest BCUT2D eigenvalue weighted by Crippen LogP contribution is -2.39. The molecule has 1 rings (SSSR count). The quantitative estimate of drug-likeness (QED) is 0.742. The molecule has 21 heavy (non-hydrogen) atoms. The first-order valence-corrected chi connectivity index (χ1v) is 7.33. The Morgan fingerprint density at radius 3 is 2.57 bits per heavy atom. The van der Waals surface area contributed by atoms with E-state index >= 15 is 0 Å². The molecule has 0 aliphatic carbocycles. The van der Waals surface area contributed by atoms with E-state index in [1.165, 1.54) is 7.11 Å². The highest BCUT2D eigenvalue weighted by Crippen LogP contribution is 2.07. The summed E-state index contributed by atoms with van der Waals surface area (Å²) in [6.07, 6.45) is 2.69. The first-order chi connectivity index (χ1) is 9.92. The minimum Gasteiger partial charge on any atom is -0.465 e. The Labute approximate surface area is 127 Å². The number of hydrogen-bond donors (Lipinski definition) is 1. The summed E-state index contributed by atoms with van der Waals surface area (Å²) in [6, 6.07) is 4.04. The second kappa shape index (κ2) is 8.74. The van der Waals surface area contributed by atoms with Gasteiger partial charge in [0.2, 0.25) is 0 Å². The van der Waals surface area contributed by atoms with Crippen molar-refractivity contribution in [3.8, 4) is 0 Å². The van der Waals surface area contributed by atoms with Crippen molar-refractivity contribution >= 4 is 5.97 Å². The fourth-order valence-corrected chi connectivity index (χ4v) is 2.25. The Balaban J connectivity index is 2.56. The number of esters is 1. The molecule has 1 aromatic rings. The summed E-state index contributed by atoms with van der Waals surface area (Å²) >= 11 is 0. The second-order valence-corrected chi connectivity index (χ2v) is 6.00. The minimum absolute atomic E-state index is 0.354. The van der Waals surface area contributed by atoms with Crippen LogP contribution in [0.25, 0.3) is 0 Å². The SMILES string of the molecule is COC(=O)c1ccc(CNC(CC(C)C)CN(C)C)nc1. The van der Waals surface area contributed by atoms with Gasteiger partial charge in [-0.2, -0.15) is 0 Å². The summed E-state index contributed by atoms with van der Waals surface area (Å²) in [4.78, 5) is 17.8. The van der Waals surface area contributed by atoms with Gasteiger partial charge in [-0.25, -0.2) is 4.79 Å². The zero-order chi connectivity index (χ0) is 15.8. The van der Waals surface area contributed by atoms with E-state index in [1.54, 1.807) is 12.3 Å². The smallest absolute Gasteiger partial charge is 0.339 e. The summed E-state index contributed by atoms with van der Waals surface area (Å²) in [5.74, 6) is 0.296. The molecule has 5 nitrogen and oxygen atoms in total. The van der Waals surface area contributed by atoms with Crippen molar-refractivity contribution in [3.63, 3.8) is 0 Å². The highest BCUT2D eigenvalue weighted by Gasteiger charge is 2.12. The van der Waals surface area contributed by atoms with Crippen LogP contribution in [0.3, 0.4) is 0 Å². The molecule has 0 fully saturated rings. The fraction of sp³-hybridized carbons (Fsp3) is 0.625. The fourth-order valence-electron chi connectivity index (χ4n) is 2.25. The summed E-state index contributed by atoms with van der Waals surface area (Å²) in [5, 5.41) is 3.54. The molecule has 5 heteroatoms. The molecule has 0 aliphatic heterocycles. The van der Waals surface area contributed by atoms with Gasteiger partial charge in [0.25, 0.3) is 0 Å². The van der Waals surface area contributed by atoms with Crippen molar-refractivity contribution in [1.29, 1.82) is 0 Å². The van der Waals surface area contributed by atoms with Crippen molar-refractivity contribution in [2.75, 3.05) is 27.7 Å². The average Bonchev–Trinajstić information content (AvgIpc) is 2.43. The maximum absolute atomic E-state index is 11.4. The van der Waals surface area contributed by atoms with Gasteiger partial charge in [-0.1, -0.05) is 13.8 Å². The molecule has 0 radical (unpaired) electrons. The number of nitrogens with zero attached hydrogens (tertiary/aromatic N) is 2. The number of likely N-dealkylation sites (N-methyl/N-ethyl adjacent to an activating group) is 1. The van der Waals surface area contributed by atoms with Crippen LogP contribution in [0.2, 0.25) is 0 Å². The van der Waals surface area contributed by atoms with Gasteiger partial charge in [0, 0.05) is 25.3 Å². The molecule has 1 unspecified atom stereocenters. The van der Waals surface area contributed by atoms with Gasteiger partial charge in [-0.3, -0.25) is 4.98 Å². The van der Waals surface area contributed by atoms with Gasteiger partial charge >= 0.3 is 5.97 Å². The lowest BCUT2D eigenvalue weighted by Gasteiger charge is -2.24. The molecular weight excluding hydrogens is 266 g/mol. The largest absolute Gasteiger partial charge is 0.465 e. The van der Waals surface area contributed by atoms with E-state index in [0.29, 0.717) is 24.1 Å². The van der Waals surface area contributed by atoms with Crippen LogP contribution in [0.1, 0.15) is 36.3 Å². The number of pyridine rings is 1. The lowest BCUT2D eigenvalue weighted by atomic mass is 10.0. The van der Waals surface area contributed by atoms with Crippen molar-refractivity contribution in [2.45, 2.75) is 32.9 Å². The molecule has 1 N–H and O–H groups in total. The van der Waals surface area contributed by atoms with E-state index in [-0.39, 0.29) is 5.97 Å². The van der Waals surface area contributed by atoms with Crippen LogP contribution in [0.15, 0.2) is 18.3 Å². The molecule has 0 saturated heterocycles. The molecule has 0 aliphatic rings. The molecule has 0 spiro atoms. The molecule has 1 atom stereocenters. The number of aromatic nitrogens is 1. The van der Waals surface area contributed by atoms with Gasteiger partial charge in [-0.15, -0.1) is 0 Å². The Bertz CT molecular complexity index is 420. The number of ether oxygens (including phenoxy) is 1. The predicted molar refractivity (Wildman–Crippen MR) is 84.2 cm³/mol. The van der Waals surface area contributed by atoms with Crippen LogP contribution in [-0.4, -0.2) is 49.6 Å². The number of carbonyl (C=O) groups excluding carboxylic acids is 1. The lowest BCUT2D eigenvalue weighted by molar-refractivity contribution is 0.0600. The monoisotopic (exact) mass is 293 g/mol. The number of rotatable bonds is 8. The van der Waals surface area contributed by atoms with Gasteiger partial charge in [0.15, 0.2) is 0 Å². The van der Waals surface area contributed by atoms with Crippen LogP contribution in [0, 0.1) is 5.92 Å². The molecule has 0 amide bonds. The molecular formula is C16H27N3O2. The predicted octanol–water partition coefficient (Wildman–Crippen LogP) is 1.93. The van der Waals surface area contributed by atoms with Gasteiger partial charge in [0.05, 0.1) is 18.4 Å². The maximum atomic E-state index is 11.4. The highest BCUT2D eigenvalue weighted by atomic mass is 16.5. The van der Waals surface area contributed by atoms with E-state index in [1.807, 2.05) is 6.07 Å². The number of nitrogens with one attached hydrogen (secondary N) is 1. The number of carbonyl (C=O) groups is 1. The zero-order valence-corrected chi connectivity index (χ0v) is 13.7. The third kappa shape index (κ3) is 6.69. The van der Waals surface area contributed by atoms with Crippen LogP contribution in [0.5, 0.6) is 0 Å². The summed E-state index contributed by atoms with van der Waals surface area (Å²) in [7, 11) is 5.53. The van der Waals surface area contributed by atoms with Gasteiger partial charge in [0.1, 0.15) is 0 Å². The third-order valence-corrected chi connectivity index (χ3v) is 3.16. The van der Waals surface area contributed by atoms with E-state index < -0.39 is 0 Å². The number of methoxy groups -OCH3 is 1. The molecule has 118 valence electrons. The zero-order valence-electron chi connectivity index (χ0n) is 13.7. The Kier molecular flexibility index (Phi) is 7.32. The molecule has 0 bridgehead atoms.